The Hall–Kier alpha value is -1.20. The van der Waals surface area contributed by atoms with E-state index in [0.29, 0.717) is 5.56 Å². The summed E-state index contributed by atoms with van der Waals surface area (Å²) in [6, 6.07) is 12.0. The molecule has 2 nitrogen and oxygen atoms in total. The third kappa shape index (κ3) is 4.64. The van der Waals surface area contributed by atoms with Crippen LogP contribution in [0.3, 0.4) is 0 Å². The zero-order valence-electron chi connectivity index (χ0n) is 11.2. The minimum absolute atomic E-state index is 0.256. The Labute approximate surface area is 140 Å². The van der Waals surface area contributed by atoms with Crippen molar-refractivity contribution in [1.82, 2.24) is 0 Å². The summed E-state index contributed by atoms with van der Waals surface area (Å²) in [4.78, 5) is 12.1. The normalized spacial score (nSPS) is 10.4. The van der Waals surface area contributed by atoms with E-state index < -0.39 is 0 Å². The molecular weight excluding hydrogens is 401 g/mol. The number of nitrogens with one attached hydrogen (secondary N) is 1. The number of benzene rings is 2. The minimum Gasteiger partial charge on any atom is -0.322 e. The van der Waals surface area contributed by atoms with Gasteiger partial charge in [0.1, 0.15) is 5.82 Å². The second-order valence-electron chi connectivity index (χ2n) is 4.58. The van der Waals surface area contributed by atoms with E-state index in [1.165, 1.54) is 23.8 Å². The first-order valence-corrected chi connectivity index (χ1v) is 8.43. The van der Waals surface area contributed by atoms with Gasteiger partial charge >= 0.3 is 0 Å². The highest BCUT2D eigenvalue weighted by atomic mass is 79.9. The van der Waals surface area contributed by atoms with E-state index in [1.807, 2.05) is 24.3 Å². The largest absolute Gasteiger partial charge is 0.322 e. The number of rotatable bonds is 5. The average molecular weight is 415 g/mol. The molecule has 0 fully saturated rings. The predicted octanol–water partition coefficient (Wildman–Crippen LogP) is 5.17. The van der Waals surface area contributed by atoms with Gasteiger partial charge in [0.15, 0.2) is 0 Å². The molecule has 5 heteroatoms. The molecular formula is C16H14Br2FNO. The van der Waals surface area contributed by atoms with E-state index in [9.17, 15) is 9.18 Å². The molecule has 0 radical (unpaired) electrons. The van der Waals surface area contributed by atoms with Crippen molar-refractivity contribution in [3.05, 3.63) is 63.9 Å². The quantitative estimate of drug-likeness (QED) is 0.672. The molecule has 110 valence electrons. The number of carbonyl (C=O) groups is 1. The van der Waals surface area contributed by atoms with Crippen LogP contribution in [0.1, 0.15) is 22.3 Å². The first-order chi connectivity index (χ1) is 10.1. The smallest absolute Gasteiger partial charge is 0.255 e. The van der Waals surface area contributed by atoms with Crippen LogP contribution in [0.4, 0.5) is 10.1 Å². The van der Waals surface area contributed by atoms with E-state index in [4.69, 9.17) is 0 Å². The molecule has 0 aromatic heterocycles. The molecule has 2 aromatic rings. The number of hydrogen-bond acceptors (Lipinski definition) is 1. The van der Waals surface area contributed by atoms with E-state index in [2.05, 4.69) is 37.2 Å². The Morgan fingerprint density at radius 1 is 1.19 bits per heavy atom. The second-order valence-corrected chi connectivity index (χ2v) is 6.22. The molecule has 0 aliphatic rings. The van der Waals surface area contributed by atoms with E-state index in [0.717, 1.165) is 23.9 Å². The molecule has 1 amide bonds. The summed E-state index contributed by atoms with van der Waals surface area (Å²) >= 11 is 6.48. The third-order valence-electron chi connectivity index (χ3n) is 2.97. The summed E-state index contributed by atoms with van der Waals surface area (Å²) in [5, 5.41) is 3.78. The van der Waals surface area contributed by atoms with Crippen molar-refractivity contribution in [3.63, 3.8) is 0 Å². The minimum atomic E-state index is -0.386. The fraction of sp³-hybridized carbons (Fsp3) is 0.188. The SMILES string of the molecule is O=C(Nc1cccc(CCCBr)c1)c1ccc(F)c(Br)c1. The number of anilines is 1. The van der Waals surface area contributed by atoms with E-state index >= 15 is 0 Å². The summed E-state index contributed by atoms with van der Waals surface area (Å²) in [5.41, 5.74) is 2.33. The molecule has 0 bridgehead atoms. The van der Waals surface area contributed by atoms with Gasteiger partial charge in [0, 0.05) is 16.6 Å². The number of aryl methyl sites for hydroxylation is 1. The molecule has 1 N–H and O–H groups in total. The van der Waals surface area contributed by atoms with Crippen LogP contribution in [0.15, 0.2) is 46.9 Å². The van der Waals surface area contributed by atoms with Gasteiger partial charge in [-0.2, -0.15) is 0 Å². The van der Waals surface area contributed by atoms with Crippen LogP contribution in [0.5, 0.6) is 0 Å². The summed E-state index contributed by atoms with van der Waals surface area (Å²) in [6.45, 7) is 0. The number of carbonyl (C=O) groups excluding carboxylic acids is 1. The molecule has 21 heavy (non-hydrogen) atoms. The number of amides is 1. The maximum atomic E-state index is 13.2. The first-order valence-electron chi connectivity index (χ1n) is 6.51. The zero-order chi connectivity index (χ0) is 15.2. The van der Waals surface area contributed by atoms with Gasteiger partial charge in [-0.1, -0.05) is 28.1 Å². The Morgan fingerprint density at radius 2 is 2.00 bits per heavy atom. The van der Waals surface area contributed by atoms with Crippen LogP contribution in [0, 0.1) is 5.82 Å². The number of alkyl halides is 1. The van der Waals surface area contributed by atoms with Crippen LogP contribution in [0.25, 0.3) is 0 Å². The second kappa shape index (κ2) is 7.71. The zero-order valence-corrected chi connectivity index (χ0v) is 14.4. The lowest BCUT2D eigenvalue weighted by atomic mass is 10.1. The average Bonchev–Trinajstić information content (AvgIpc) is 2.48. The highest BCUT2D eigenvalue weighted by molar-refractivity contribution is 9.10. The molecule has 0 heterocycles. The Morgan fingerprint density at radius 3 is 2.71 bits per heavy atom. The Balaban J connectivity index is 2.10. The first kappa shape index (κ1) is 16.2. The van der Waals surface area contributed by atoms with E-state index in [-0.39, 0.29) is 16.2 Å². The van der Waals surface area contributed by atoms with Gasteiger partial charge in [-0.25, -0.2) is 4.39 Å². The van der Waals surface area contributed by atoms with Crippen molar-refractivity contribution in [2.24, 2.45) is 0 Å². The van der Waals surface area contributed by atoms with Crippen molar-refractivity contribution in [2.45, 2.75) is 12.8 Å². The maximum Gasteiger partial charge on any atom is 0.255 e. The van der Waals surface area contributed by atoms with Gasteiger partial charge in [0.2, 0.25) is 0 Å². The third-order valence-corrected chi connectivity index (χ3v) is 4.13. The standard InChI is InChI=1S/C16H14Br2FNO/c17-8-2-4-11-3-1-5-13(9-11)20-16(21)12-6-7-15(19)14(18)10-12/h1,3,5-7,9-10H,2,4,8H2,(H,20,21). The van der Waals surface area contributed by atoms with Gasteiger partial charge in [-0.15, -0.1) is 0 Å². The Bertz CT molecular complexity index is 646. The molecule has 2 rings (SSSR count). The molecule has 2 aromatic carbocycles. The molecule has 0 aliphatic carbocycles. The lowest BCUT2D eigenvalue weighted by molar-refractivity contribution is 0.102. The van der Waals surface area contributed by atoms with Gasteiger partial charge in [-0.05, 0) is 64.7 Å². The highest BCUT2D eigenvalue weighted by Crippen LogP contribution is 2.19. The van der Waals surface area contributed by atoms with Crippen molar-refractivity contribution >= 4 is 43.5 Å². The maximum absolute atomic E-state index is 13.2. The summed E-state index contributed by atoms with van der Waals surface area (Å²) < 4.78 is 13.5. The molecule has 0 unspecified atom stereocenters. The van der Waals surface area contributed by atoms with E-state index in [1.54, 1.807) is 0 Å². The van der Waals surface area contributed by atoms with Crippen molar-refractivity contribution < 1.29 is 9.18 Å². The molecule has 0 saturated heterocycles. The lowest BCUT2D eigenvalue weighted by Gasteiger charge is -2.08. The molecule has 0 saturated carbocycles. The van der Waals surface area contributed by atoms with Crippen LogP contribution in [-0.4, -0.2) is 11.2 Å². The number of halogens is 3. The van der Waals surface area contributed by atoms with Crippen LogP contribution in [0.2, 0.25) is 0 Å². The van der Waals surface area contributed by atoms with Gasteiger partial charge < -0.3 is 5.32 Å². The fourth-order valence-corrected chi connectivity index (χ4v) is 2.58. The predicted molar refractivity (Wildman–Crippen MR) is 90.6 cm³/mol. The molecule has 0 spiro atoms. The fourth-order valence-electron chi connectivity index (χ4n) is 1.92. The lowest BCUT2D eigenvalue weighted by Crippen LogP contribution is -2.12. The van der Waals surface area contributed by atoms with Crippen LogP contribution >= 0.6 is 31.9 Å². The van der Waals surface area contributed by atoms with Crippen molar-refractivity contribution in [3.8, 4) is 0 Å². The summed E-state index contributed by atoms with van der Waals surface area (Å²) in [5.74, 6) is -0.642. The summed E-state index contributed by atoms with van der Waals surface area (Å²) in [6.07, 6.45) is 2.00. The van der Waals surface area contributed by atoms with Gasteiger partial charge in [0.05, 0.1) is 4.47 Å². The molecule has 0 aliphatic heterocycles. The topological polar surface area (TPSA) is 29.1 Å². The molecule has 0 atom stereocenters. The summed E-state index contributed by atoms with van der Waals surface area (Å²) in [7, 11) is 0. The van der Waals surface area contributed by atoms with Crippen LogP contribution < -0.4 is 5.32 Å². The van der Waals surface area contributed by atoms with Crippen molar-refractivity contribution in [1.29, 1.82) is 0 Å². The Kier molecular flexibility index (Phi) is 5.94. The number of hydrogen-bond donors (Lipinski definition) is 1. The van der Waals surface area contributed by atoms with Crippen LogP contribution in [-0.2, 0) is 6.42 Å². The monoisotopic (exact) mass is 413 g/mol. The van der Waals surface area contributed by atoms with Gasteiger partial charge in [-0.3, -0.25) is 4.79 Å². The highest BCUT2D eigenvalue weighted by Gasteiger charge is 2.09. The van der Waals surface area contributed by atoms with Gasteiger partial charge in [0.25, 0.3) is 5.91 Å². The van der Waals surface area contributed by atoms with Crippen molar-refractivity contribution in [2.75, 3.05) is 10.6 Å².